The summed E-state index contributed by atoms with van der Waals surface area (Å²) in [7, 11) is -1.98. The van der Waals surface area contributed by atoms with Gasteiger partial charge in [0.25, 0.3) is 10.0 Å². The van der Waals surface area contributed by atoms with Gasteiger partial charge in [0.05, 0.1) is 0 Å². The van der Waals surface area contributed by atoms with Gasteiger partial charge in [0.15, 0.2) is 15.1 Å². The predicted octanol–water partition coefficient (Wildman–Crippen LogP) is 2.47. The van der Waals surface area contributed by atoms with Crippen LogP contribution in [0.15, 0.2) is 16.6 Å². The molecule has 2 aromatic rings. The van der Waals surface area contributed by atoms with Crippen LogP contribution in [0.4, 0.5) is 0 Å². The van der Waals surface area contributed by atoms with E-state index in [9.17, 15) is 8.42 Å². The van der Waals surface area contributed by atoms with Crippen LogP contribution in [0.3, 0.4) is 0 Å². The molecule has 0 spiro atoms. The summed E-state index contributed by atoms with van der Waals surface area (Å²) in [5, 5.41) is 1.92. The molecule has 0 saturated heterocycles. The standard InChI is InChI=1S/C11H14ClN3O2S2/c1-14(7-8-3-2-4-8)19(16,17)10-9(12)13-11-15(10)5-6-18-11/h5-6,8H,2-4,7H2,1H3. The zero-order valence-corrected chi connectivity index (χ0v) is 12.8. The van der Waals surface area contributed by atoms with Crippen molar-refractivity contribution in [3.63, 3.8) is 0 Å². The Morgan fingerprint density at radius 1 is 1.58 bits per heavy atom. The molecular formula is C11H14ClN3O2S2. The van der Waals surface area contributed by atoms with E-state index >= 15 is 0 Å². The van der Waals surface area contributed by atoms with Gasteiger partial charge in [0, 0.05) is 25.2 Å². The van der Waals surface area contributed by atoms with Crippen LogP contribution in [0.5, 0.6) is 0 Å². The summed E-state index contributed by atoms with van der Waals surface area (Å²) in [4.78, 5) is 4.67. The molecule has 0 radical (unpaired) electrons. The number of hydrogen-bond donors (Lipinski definition) is 0. The maximum atomic E-state index is 12.6. The smallest absolute Gasteiger partial charge is 0.262 e. The molecule has 2 heterocycles. The molecule has 3 rings (SSSR count). The molecule has 1 aliphatic rings. The van der Waals surface area contributed by atoms with Crippen molar-refractivity contribution in [2.75, 3.05) is 13.6 Å². The molecule has 2 aromatic heterocycles. The zero-order chi connectivity index (χ0) is 13.6. The van der Waals surface area contributed by atoms with E-state index in [4.69, 9.17) is 11.6 Å². The van der Waals surface area contributed by atoms with Crippen molar-refractivity contribution >= 4 is 37.9 Å². The second kappa shape index (κ2) is 4.73. The topological polar surface area (TPSA) is 54.7 Å². The highest BCUT2D eigenvalue weighted by molar-refractivity contribution is 7.89. The van der Waals surface area contributed by atoms with E-state index in [2.05, 4.69) is 4.98 Å². The Balaban J connectivity index is 1.98. The van der Waals surface area contributed by atoms with Crippen molar-refractivity contribution < 1.29 is 8.42 Å². The highest BCUT2D eigenvalue weighted by Gasteiger charge is 2.31. The van der Waals surface area contributed by atoms with Crippen molar-refractivity contribution in [1.82, 2.24) is 13.7 Å². The first-order chi connectivity index (χ1) is 9.00. The molecule has 0 amide bonds. The van der Waals surface area contributed by atoms with Crippen LogP contribution in [-0.4, -0.2) is 35.7 Å². The highest BCUT2D eigenvalue weighted by atomic mass is 35.5. The first kappa shape index (κ1) is 13.4. The fourth-order valence-electron chi connectivity index (χ4n) is 2.25. The zero-order valence-electron chi connectivity index (χ0n) is 10.4. The van der Waals surface area contributed by atoms with Gasteiger partial charge in [-0.2, -0.15) is 4.31 Å². The fourth-order valence-corrected chi connectivity index (χ4v) is 4.90. The average molecular weight is 320 g/mol. The molecule has 8 heteroatoms. The number of aromatic nitrogens is 2. The molecule has 1 aliphatic carbocycles. The van der Waals surface area contributed by atoms with E-state index < -0.39 is 10.0 Å². The molecule has 1 saturated carbocycles. The molecule has 104 valence electrons. The highest BCUT2D eigenvalue weighted by Crippen LogP contribution is 2.31. The summed E-state index contributed by atoms with van der Waals surface area (Å²) in [6.07, 6.45) is 5.09. The number of sulfonamides is 1. The lowest BCUT2D eigenvalue weighted by molar-refractivity contribution is 0.262. The predicted molar refractivity (Wildman–Crippen MR) is 75.2 cm³/mol. The van der Waals surface area contributed by atoms with Crippen LogP contribution in [0.25, 0.3) is 4.96 Å². The summed E-state index contributed by atoms with van der Waals surface area (Å²) in [6, 6.07) is 0. The molecule has 0 aliphatic heterocycles. The minimum atomic E-state index is -3.59. The van der Waals surface area contributed by atoms with Crippen LogP contribution in [0.2, 0.25) is 5.15 Å². The first-order valence-electron chi connectivity index (χ1n) is 6.07. The maximum Gasteiger partial charge on any atom is 0.262 e. The molecule has 0 unspecified atom stereocenters. The summed E-state index contributed by atoms with van der Waals surface area (Å²) in [5.41, 5.74) is 0. The summed E-state index contributed by atoms with van der Waals surface area (Å²) in [5.74, 6) is 0.476. The lowest BCUT2D eigenvalue weighted by Crippen LogP contribution is -2.34. The Morgan fingerprint density at radius 2 is 2.32 bits per heavy atom. The van der Waals surface area contributed by atoms with Crippen LogP contribution in [0.1, 0.15) is 19.3 Å². The Hall–Kier alpha value is -0.630. The third-order valence-corrected chi connectivity index (χ3v) is 6.55. The third kappa shape index (κ3) is 2.18. The van der Waals surface area contributed by atoms with E-state index in [0.717, 1.165) is 12.8 Å². The van der Waals surface area contributed by atoms with Crippen molar-refractivity contribution in [3.05, 3.63) is 16.7 Å². The Labute approximate surface area is 120 Å². The molecule has 0 aromatic carbocycles. The number of nitrogens with zero attached hydrogens (tertiary/aromatic N) is 3. The second-order valence-electron chi connectivity index (χ2n) is 4.85. The fraction of sp³-hybridized carbons (Fsp3) is 0.545. The molecule has 0 N–H and O–H groups in total. The van der Waals surface area contributed by atoms with Gasteiger partial charge < -0.3 is 0 Å². The molecular weight excluding hydrogens is 306 g/mol. The summed E-state index contributed by atoms with van der Waals surface area (Å²) < 4.78 is 28.1. The maximum absolute atomic E-state index is 12.6. The van der Waals surface area contributed by atoms with Gasteiger partial charge in [0.1, 0.15) is 0 Å². The molecule has 0 bridgehead atoms. The van der Waals surface area contributed by atoms with Gasteiger partial charge in [0.2, 0.25) is 0 Å². The van der Waals surface area contributed by atoms with Crippen molar-refractivity contribution in [2.24, 2.45) is 5.92 Å². The number of imidazole rings is 1. The SMILES string of the molecule is CN(CC1CCC1)S(=O)(=O)c1c(Cl)nc2sccn12. The van der Waals surface area contributed by atoms with Crippen LogP contribution in [-0.2, 0) is 10.0 Å². The van der Waals surface area contributed by atoms with Crippen LogP contribution >= 0.6 is 22.9 Å². The Morgan fingerprint density at radius 3 is 2.95 bits per heavy atom. The first-order valence-corrected chi connectivity index (χ1v) is 8.77. The number of thiazole rings is 1. The van der Waals surface area contributed by atoms with Crippen LogP contribution < -0.4 is 0 Å². The van der Waals surface area contributed by atoms with Gasteiger partial charge in [-0.15, -0.1) is 11.3 Å². The van der Waals surface area contributed by atoms with E-state index in [1.807, 2.05) is 0 Å². The number of hydrogen-bond acceptors (Lipinski definition) is 4. The number of fused-ring (bicyclic) bond motifs is 1. The largest absolute Gasteiger partial charge is 0.279 e. The lowest BCUT2D eigenvalue weighted by atomic mass is 9.86. The minimum Gasteiger partial charge on any atom is -0.279 e. The molecule has 0 atom stereocenters. The van der Waals surface area contributed by atoms with E-state index in [1.54, 1.807) is 23.0 Å². The van der Waals surface area contributed by atoms with E-state index in [1.165, 1.54) is 22.1 Å². The molecule has 19 heavy (non-hydrogen) atoms. The van der Waals surface area contributed by atoms with E-state index in [0.29, 0.717) is 17.4 Å². The van der Waals surface area contributed by atoms with Crippen molar-refractivity contribution in [3.8, 4) is 0 Å². The number of rotatable bonds is 4. The van der Waals surface area contributed by atoms with Crippen LogP contribution in [0, 0.1) is 5.92 Å². The summed E-state index contributed by atoms with van der Waals surface area (Å²) in [6.45, 7) is 0.552. The normalized spacial score (nSPS) is 17.2. The van der Waals surface area contributed by atoms with Crippen molar-refractivity contribution in [1.29, 1.82) is 0 Å². The van der Waals surface area contributed by atoms with Gasteiger partial charge in [-0.1, -0.05) is 18.0 Å². The van der Waals surface area contributed by atoms with Gasteiger partial charge >= 0.3 is 0 Å². The molecule has 5 nitrogen and oxygen atoms in total. The lowest BCUT2D eigenvalue weighted by Gasteiger charge is -2.29. The third-order valence-electron chi connectivity index (χ3n) is 3.57. The Bertz CT molecular complexity index is 703. The second-order valence-corrected chi connectivity index (χ2v) is 8.04. The average Bonchev–Trinajstić information content (AvgIpc) is 2.81. The monoisotopic (exact) mass is 319 g/mol. The van der Waals surface area contributed by atoms with Gasteiger partial charge in [-0.05, 0) is 18.8 Å². The van der Waals surface area contributed by atoms with Crippen molar-refractivity contribution in [2.45, 2.75) is 24.3 Å². The molecule has 1 fully saturated rings. The number of halogens is 1. The Kier molecular flexibility index (Phi) is 3.33. The minimum absolute atomic E-state index is 0.0484. The van der Waals surface area contributed by atoms with Gasteiger partial charge in [-0.25, -0.2) is 13.4 Å². The van der Waals surface area contributed by atoms with E-state index in [-0.39, 0.29) is 10.2 Å². The van der Waals surface area contributed by atoms with Gasteiger partial charge in [-0.3, -0.25) is 4.40 Å². The quantitative estimate of drug-likeness (QED) is 0.870. The summed E-state index contributed by atoms with van der Waals surface area (Å²) >= 11 is 7.36.